The highest BCUT2D eigenvalue weighted by atomic mass is 15.2. The summed E-state index contributed by atoms with van der Waals surface area (Å²) >= 11 is 0. The van der Waals surface area contributed by atoms with Crippen LogP contribution in [0.25, 0.3) is 0 Å². The van der Waals surface area contributed by atoms with Gasteiger partial charge in [-0.15, -0.1) is 0 Å². The zero-order valence-electron chi connectivity index (χ0n) is 11.9. The van der Waals surface area contributed by atoms with Gasteiger partial charge in [0.15, 0.2) is 0 Å². The van der Waals surface area contributed by atoms with Crippen molar-refractivity contribution in [2.24, 2.45) is 0 Å². The van der Waals surface area contributed by atoms with Gasteiger partial charge in [0.25, 0.3) is 0 Å². The predicted octanol–water partition coefficient (Wildman–Crippen LogP) is 3.69. The minimum absolute atomic E-state index is 0.864. The Morgan fingerprint density at radius 2 is 1.56 bits per heavy atom. The topological polar surface area (TPSA) is 15.3 Å². The van der Waals surface area contributed by atoms with Gasteiger partial charge < -0.3 is 5.32 Å². The van der Waals surface area contributed by atoms with E-state index in [1.165, 1.54) is 77.3 Å². The molecule has 1 aliphatic carbocycles. The molecular formula is C16H30N2. The first-order valence-electron chi connectivity index (χ1n) is 8.09. The van der Waals surface area contributed by atoms with E-state index < -0.39 is 0 Å². The molecule has 0 radical (unpaired) electrons. The van der Waals surface area contributed by atoms with E-state index in [9.17, 15) is 0 Å². The van der Waals surface area contributed by atoms with Gasteiger partial charge in [0.1, 0.15) is 0 Å². The van der Waals surface area contributed by atoms with Gasteiger partial charge in [0.2, 0.25) is 0 Å². The highest BCUT2D eigenvalue weighted by Gasteiger charge is 2.18. The lowest BCUT2D eigenvalue weighted by Gasteiger charge is -2.31. The number of rotatable bonds is 1. The maximum absolute atomic E-state index is 3.41. The average Bonchev–Trinajstić information content (AvgIpc) is 2.61. The van der Waals surface area contributed by atoms with Gasteiger partial charge in [-0.3, -0.25) is 4.90 Å². The van der Waals surface area contributed by atoms with Crippen LogP contribution in [0.4, 0.5) is 0 Å². The summed E-state index contributed by atoms with van der Waals surface area (Å²) in [5, 5.41) is 3.41. The summed E-state index contributed by atoms with van der Waals surface area (Å²) in [6.07, 6.45) is 18.6. The number of hydrogen-bond acceptors (Lipinski definition) is 2. The molecule has 2 rings (SSSR count). The summed E-state index contributed by atoms with van der Waals surface area (Å²) in [6, 6.07) is 0.864. The molecule has 18 heavy (non-hydrogen) atoms. The molecule has 1 N–H and O–H groups in total. The van der Waals surface area contributed by atoms with Crippen molar-refractivity contribution in [1.29, 1.82) is 0 Å². The zero-order valence-corrected chi connectivity index (χ0v) is 11.9. The molecule has 0 atom stereocenters. The maximum Gasteiger partial charge on any atom is 0.0269 e. The molecule has 2 nitrogen and oxygen atoms in total. The second-order valence-corrected chi connectivity index (χ2v) is 5.89. The smallest absolute Gasteiger partial charge is 0.0269 e. The largest absolute Gasteiger partial charge is 0.390 e. The Morgan fingerprint density at radius 3 is 2.33 bits per heavy atom. The van der Waals surface area contributed by atoms with Crippen LogP contribution in [0, 0.1) is 0 Å². The Morgan fingerprint density at radius 1 is 0.833 bits per heavy atom. The molecule has 0 aromatic heterocycles. The number of nitrogens with one attached hydrogen (secondary N) is 1. The van der Waals surface area contributed by atoms with Crippen LogP contribution in [-0.2, 0) is 0 Å². The van der Waals surface area contributed by atoms with Gasteiger partial charge in [0.05, 0.1) is 0 Å². The standard InChI is InChI=1S/C16H30N2/c1-2-4-7-11-16(10-6-3-1)18-14-9-5-8-12-17-13-15-18/h8,12,16-17H,1-7,9-11,13-15H2/b12-8-. The third kappa shape index (κ3) is 5.01. The Balaban J connectivity index is 1.84. The molecule has 1 aliphatic heterocycles. The zero-order chi connectivity index (χ0) is 12.5. The Labute approximate surface area is 113 Å². The van der Waals surface area contributed by atoms with E-state index in [-0.39, 0.29) is 0 Å². The van der Waals surface area contributed by atoms with Crippen LogP contribution in [-0.4, -0.2) is 30.6 Å². The van der Waals surface area contributed by atoms with Gasteiger partial charge in [-0.1, -0.05) is 44.6 Å². The van der Waals surface area contributed by atoms with Gasteiger partial charge in [-0.05, 0) is 38.4 Å². The fourth-order valence-electron chi connectivity index (χ4n) is 3.32. The van der Waals surface area contributed by atoms with Crippen LogP contribution < -0.4 is 5.32 Å². The molecule has 0 saturated heterocycles. The van der Waals surface area contributed by atoms with Crippen molar-refractivity contribution >= 4 is 0 Å². The van der Waals surface area contributed by atoms with E-state index in [1.54, 1.807) is 0 Å². The normalized spacial score (nSPS) is 27.8. The monoisotopic (exact) mass is 250 g/mol. The van der Waals surface area contributed by atoms with Gasteiger partial charge in [-0.25, -0.2) is 0 Å². The second-order valence-electron chi connectivity index (χ2n) is 5.89. The lowest BCUT2D eigenvalue weighted by atomic mass is 10.0. The van der Waals surface area contributed by atoms with Gasteiger partial charge in [-0.2, -0.15) is 0 Å². The fourth-order valence-corrected chi connectivity index (χ4v) is 3.32. The first kappa shape index (κ1) is 13.9. The van der Waals surface area contributed by atoms with Crippen LogP contribution in [0.2, 0.25) is 0 Å². The molecule has 0 bridgehead atoms. The van der Waals surface area contributed by atoms with Crippen LogP contribution in [0.15, 0.2) is 12.3 Å². The quantitative estimate of drug-likeness (QED) is 0.763. The van der Waals surface area contributed by atoms with Crippen molar-refractivity contribution < 1.29 is 0 Å². The van der Waals surface area contributed by atoms with E-state index in [2.05, 4.69) is 22.5 Å². The van der Waals surface area contributed by atoms with E-state index in [4.69, 9.17) is 0 Å². The third-order valence-corrected chi connectivity index (χ3v) is 4.44. The summed E-state index contributed by atoms with van der Waals surface area (Å²) in [5.41, 5.74) is 0. The van der Waals surface area contributed by atoms with Crippen molar-refractivity contribution in [1.82, 2.24) is 10.2 Å². The minimum atomic E-state index is 0.864. The molecule has 0 aromatic carbocycles. The number of nitrogens with zero attached hydrogens (tertiary/aromatic N) is 1. The molecule has 0 spiro atoms. The Bertz CT molecular complexity index is 215. The van der Waals surface area contributed by atoms with Crippen LogP contribution in [0.1, 0.15) is 64.2 Å². The minimum Gasteiger partial charge on any atom is -0.390 e. The molecule has 2 heteroatoms. The molecule has 1 heterocycles. The summed E-state index contributed by atoms with van der Waals surface area (Å²) in [7, 11) is 0. The molecule has 0 amide bonds. The average molecular weight is 250 g/mol. The highest BCUT2D eigenvalue weighted by Crippen LogP contribution is 2.21. The summed E-state index contributed by atoms with van der Waals surface area (Å²) in [6.45, 7) is 3.65. The number of allylic oxidation sites excluding steroid dienone is 1. The van der Waals surface area contributed by atoms with Crippen LogP contribution >= 0.6 is 0 Å². The van der Waals surface area contributed by atoms with E-state index in [0.29, 0.717) is 0 Å². The first-order chi connectivity index (χ1) is 8.97. The van der Waals surface area contributed by atoms with Crippen LogP contribution in [0.5, 0.6) is 0 Å². The van der Waals surface area contributed by atoms with E-state index >= 15 is 0 Å². The molecular weight excluding hydrogens is 220 g/mol. The molecule has 2 aliphatic rings. The molecule has 1 fully saturated rings. The van der Waals surface area contributed by atoms with Crippen molar-refractivity contribution in [3.05, 3.63) is 12.3 Å². The van der Waals surface area contributed by atoms with Gasteiger partial charge in [0, 0.05) is 19.1 Å². The van der Waals surface area contributed by atoms with Crippen molar-refractivity contribution in [2.45, 2.75) is 70.3 Å². The lowest BCUT2D eigenvalue weighted by Crippen LogP contribution is -2.39. The van der Waals surface area contributed by atoms with Gasteiger partial charge >= 0.3 is 0 Å². The predicted molar refractivity (Wildman–Crippen MR) is 78.7 cm³/mol. The number of hydrogen-bond donors (Lipinski definition) is 1. The molecule has 0 aromatic rings. The van der Waals surface area contributed by atoms with Crippen LogP contribution in [0.3, 0.4) is 0 Å². The van der Waals surface area contributed by atoms with Crippen molar-refractivity contribution in [2.75, 3.05) is 19.6 Å². The Kier molecular flexibility index (Phi) is 6.63. The molecule has 1 saturated carbocycles. The second kappa shape index (κ2) is 8.58. The van der Waals surface area contributed by atoms with Crippen molar-refractivity contribution in [3.63, 3.8) is 0 Å². The van der Waals surface area contributed by atoms with E-state index in [1.807, 2.05) is 0 Å². The van der Waals surface area contributed by atoms with Crippen molar-refractivity contribution in [3.8, 4) is 0 Å². The third-order valence-electron chi connectivity index (χ3n) is 4.44. The first-order valence-corrected chi connectivity index (χ1v) is 8.09. The molecule has 0 unspecified atom stereocenters. The highest BCUT2D eigenvalue weighted by molar-refractivity contribution is 4.83. The SMILES string of the molecule is C1=C\NCCN(C2CCCCCCCC2)CCC/1. The summed E-state index contributed by atoms with van der Waals surface area (Å²) < 4.78 is 0. The fraction of sp³-hybridized carbons (Fsp3) is 0.875. The lowest BCUT2D eigenvalue weighted by molar-refractivity contribution is 0.174. The Hall–Kier alpha value is -0.500. The molecule has 104 valence electrons. The summed E-state index contributed by atoms with van der Waals surface area (Å²) in [4.78, 5) is 2.77. The van der Waals surface area contributed by atoms with E-state index in [0.717, 1.165) is 12.6 Å². The maximum atomic E-state index is 3.41. The summed E-state index contributed by atoms with van der Waals surface area (Å²) in [5.74, 6) is 0.